The molecule has 1 saturated heterocycles. The number of sulfonamides is 1. The first-order valence-corrected chi connectivity index (χ1v) is 8.13. The van der Waals surface area contributed by atoms with E-state index in [9.17, 15) is 13.2 Å². The van der Waals surface area contributed by atoms with E-state index in [-0.39, 0.29) is 17.8 Å². The number of halogens is 1. The van der Waals surface area contributed by atoms with Gasteiger partial charge in [0.05, 0.1) is 0 Å². The Morgan fingerprint density at radius 3 is 2.50 bits per heavy atom. The van der Waals surface area contributed by atoms with Crippen LogP contribution in [0.4, 0.5) is 0 Å². The van der Waals surface area contributed by atoms with Gasteiger partial charge in [-0.15, -0.1) is 12.4 Å². The van der Waals surface area contributed by atoms with Gasteiger partial charge in [-0.1, -0.05) is 6.92 Å². The molecule has 1 aliphatic rings. The summed E-state index contributed by atoms with van der Waals surface area (Å²) in [6.07, 6.45) is 2.03. The number of carbonyl (C=O) groups excluding carboxylic acids is 1. The lowest BCUT2D eigenvalue weighted by molar-refractivity contribution is -0.127. The van der Waals surface area contributed by atoms with Gasteiger partial charge in [-0.2, -0.15) is 0 Å². The second kappa shape index (κ2) is 7.59. The molecule has 1 amide bonds. The molecule has 1 heterocycles. The summed E-state index contributed by atoms with van der Waals surface area (Å²) in [5.41, 5.74) is -0.0772. The lowest BCUT2D eigenvalue weighted by atomic mass is 9.83. The Labute approximate surface area is 128 Å². The molecule has 120 valence electrons. The Bertz CT molecular complexity index is 420. The molecule has 0 aliphatic carbocycles. The number of rotatable bonds is 5. The van der Waals surface area contributed by atoms with Gasteiger partial charge in [0.2, 0.25) is 15.9 Å². The summed E-state index contributed by atoms with van der Waals surface area (Å²) in [7, 11) is -0.498. The minimum absolute atomic E-state index is 0. The molecule has 1 rings (SSSR count). The molecule has 0 bridgehead atoms. The molecular formula is C12H26ClN3O3S. The molecule has 0 aromatic carbocycles. The number of nitrogens with zero attached hydrogens (tertiary/aromatic N) is 1. The zero-order valence-electron chi connectivity index (χ0n) is 12.6. The summed E-state index contributed by atoms with van der Waals surface area (Å²) in [5.74, 6) is -0.403. The number of nitrogens with one attached hydrogen (secondary N) is 2. The second-order valence-electron chi connectivity index (χ2n) is 5.83. The van der Waals surface area contributed by atoms with Crippen LogP contribution in [0.25, 0.3) is 0 Å². The number of amides is 1. The van der Waals surface area contributed by atoms with Crippen molar-refractivity contribution in [3.05, 3.63) is 0 Å². The molecule has 0 spiro atoms. The van der Waals surface area contributed by atoms with Gasteiger partial charge in [0, 0.05) is 27.2 Å². The van der Waals surface area contributed by atoms with Crippen LogP contribution in [0.1, 0.15) is 26.7 Å². The van der Waals surface area contributed by atoms with Crippen molar-refractivity contribution in [1.82, 2.24) is 14.9 Å². The summed E-state index contributed by atoms with van der Waals surface area (Å²) >= 11 is 0. The third-order valence-corrected chi connectivity index (χ3v) is 5.32. The Morgan fingerprint density at radius 2 is 2.05 bits per heavy atom. The summed E-state index contributed by atoms with van der Waals surface area (Å²) in [6, 6.07) is 0. The van der Waals surface area contributed by atoms with Crippen molar-refractivity contribution >= 4 is 28.3 Å². The van der Waals surface area contributed by atoms with Gasteiger partial charge in [0.15, 0.2) is 5.25 Å². The first-order chi connectivity index (χ1) is 8.68. The minimum atomic E-state index is -3.61. The quantitative estimate of drug-likeness (QED) is 0.756. The van der Waals surface area contributed by atoms with E-state index in [2.05, 4.69) is 17.0 Å². The molecule has 20 heavy (non-hydrogen) atoms. The molecule has 0 aromatic rings. The molecule has 0 radical (unpaired) electrons. The molecule has 2 atom stereocenters. The van der Waals surface area contributed by atoms with Crippen LogP contribution in [0.15, 0.2) is 0 Å². The standard InChI is InChI=1S/C12H25N3O3S.ClH/c1-10(11(16)15(3)4)19(17,18)14-9-12(2)6-5-7-13-8-12;/h10,13-14H,5-9H2,1-4H3;1H. The predicted molar refractivity (Wildman–Crippen MR) is 82.5 cm³/mol. The fraction of sp³-hybridized carbons (Fsp3) is 0.917. The Kier molecular flexibility index (Phi) is 7.44. The first kappa shape index (κ1) is 19.6. The molecule has 2 unspecified atom stereocenters. The minimum Gasteiger partial charge on any atom is -0.348 e. The van der Waals surface area contributed by atoms with Crippen LogP contribution in [-0.4, -0.2) is 58.2 Å². The van der Waals surface area contributed by atoms with Crippen molar-refractivity contribution in [1.29, 1.82) is 0 Å². The van der Waals surface area contributed by atoms with Crippen molar-refractivity contribution in [2.45, 2.75) is 31.9 Å². The largest absolute Gasteiger partial charge is 0.348 e. The van der Waals surface area contributed by atoms with Gasteiger partial charge >= 0.3 is 0 Å². The Morgan fingerprint density at radius 1 is 1.45 bits per heavy atom. The maximum Gasteiger partial charge on any atom is 0.241 e. The Balaban J connectivity index is 0.00000361. The van der Waals surface area contributed by atoms with E-state index in [0.717, 1.165) is 25.9 Å². The monoisotopic (exact) mass is 327 g/mol. The van der Waals surface area contributed by atoms with E-state index in [1.54, 1.807) is 14.1 Å². The molecule has 0 saturated carbocycles. The highest BCUT2D eigenvalue weighted by Crippen LogP contribution is 2.24. The number of hydrogen-bond acceptors (Lipinski definition) is 4. The third kappa shape index (κ3) is 5.20. The normalized spacial score (nSPS) is 24.6. The van der Waals surface area contributed by atoms with Crippen LogP contribution >= 0.6 is 12.4 Å². The SMILES string of the molecule is CC(C(=O)N(C)C)S(=O)(=O)NCC1(C)CCCNC1.Cl. The van der Waals surface area contributed by atoms with Gasteiger partial charge in [-0.3, -0.25) is 4.79 Å². The van der Waals surface area contributed by atoms with E-state index in [4.69, 9.17) is 0 Å². The van der Waals surface area contributed by atoms with Crippen LogP contribution in [0.3, 0.4) is 0 Å². The van der Waals surface area contributed by atoms with Crippen LogP contribution in [-0.2, 0) is 14.8 Å². The van der Waals surface area contributed by atoms with Crippen LogP contribution in [0.5, 0.6) is 0 Å². The Hall–Kier alpha value is -0.370. The maximum absolute atomic E-state index is 12.1. The lowest BCUT2D eigenvalue weighted by Crippen LogP contribution is -2.49. The van der Waals surface area contributed by atoms with Crippen molar-refractivity contribution in [2.75, 3.05) is 33.7 Å². The maximum atomic E-state index is 12.1. The topological polar surface area (TPSA) is 78.5 Å². The third-order valence-electron chi connectivity index (χ3n) is 3.64. The molecule has 1 fully saturated rings. The van der Waals surface area contributed by atoms with Crippen LogP contribution in [0, 0.1) is 5.41 Å². The summed E-state index contributed by atoms with van der Waals surface area (Å²) < 4.78 is 26.8. The molecule has 8 heteroatoms. The van der Waals surface area contributed by atoms with Gasteiger partial charge in [-0.25, -0.2) is 13.1 Å². The highest BCUT2D eigenvalue weighted by Gasteiger charge is 2.33. The molecular weight excluding hydrogens is 302 g/mol. The van der Waals surface area contributed by atoms with E-state index in [1.807, 2.05) is 0 Å². The smallest absolute Gasteiger partial charge is 0.241 e. The number of carbonyl (C=O) groups is 1. The van der Waals surface area contributed by atoms with Gasteiger partial charge in [-0.05, 0) is 31.7 Å². The molecule has 2 N–H and O–H groups in total. The van der Waals surface area contributed by atoms with E-state index in [1.165, 1.54) is 11.8 Å². The van der Waals surface area contributed by atoms with Gasteiger partial charge in [0.25, 0.3) is 0 Å². The molecule has 0 aromatic heterocycles. The van der Waals surface area contributed by atoms with Crippen molar-refractivity contribution < 1.29 is 13.2 Å². The fourth-order valence-electron chi connectivity index (χ4n) is 2.17. The highest BCUT2D eigenvalue weighted by atomic mass is 35.5. The van der Waals surface area contributed by atoms with Crippen molar-refractivity contribution in [3.8, 4) is 0 Å². The van der Waals surface area contributed by atoms with Gasteiger partial charge < -0.3 is 10.2 Å². The average Bonchev–Trinajstić information content (AvgIpc) is 2.35. The molecule has 6 nitrogen and oxygen atoms in total. The van der Waals surface area contributed by atoms with E-state index in [0.29, 0.717) is 6.54 Å². The summed E-state index contributed by atoms with van der Waals surface area (Å²) in [6.45, 7) is 5.63. The number of piperidine rings is 1. The predicted octanol–water partition coefficient (Wildman–Crippen LogP) is 0.194. The van der Waals surface area contributed by atoms with Crippen LogP contribution < -0.4 is 10.0 Å². The summed E-state index contributed by atoms with van der Waals surface area (Å²) in [5, 5.41) is 2.22. The average molecular weight is 328 g/mol. The first-order valence-electron chi connectivity index (χ1n) is 6.58. The van der Waals surface area contributed by atoms with E-state index < -0.39 is 21.2 Å². The van der Waals surface area contributed by atoms with Crippen molar-refractivity contribution in [2.24, 2.45) is 5.41 Å². The van der Waals surface area contributed by atoms with E-state index >= 15 is 0 Å². The second-order valence-corrected chi connectivity index (χ2v) is 7.92. The fourth-order valence-corrected chi connectivity index (χ4v) is 3.44. The lowest BCUT2D eigenvalue weighted by Gasteiger charge is -2.34. The van der Waals surface area contributed by atoms with Crippen molar-refractivity contribution in [3.63, 3.8) is 0 Å². The zero-order valence-corrected chi connectivity index (χ0v) is 14.2. The zero-order chi connectivity index (χ0) is 14.7. The van der Waals surface area contributed by atoms with Gasteiger partial charge in [0.1, 0.15) is 0 Å². The molecule has 1 aliphatic heterocycles. The van der Waals surface area contributed by atoms with Crippen LogP contribution in [0.2, 0.25) is 0 Å². The highest BCUT2D eigenvalue weighted by molar-refractivity contribution is 7.90. The number of hydrogen-bond donors (Lipinski definition) is 2. The summed E-state index contributed by atoms with van der Waals surface area (Å²) in [4.78, 5) is 13.0.